The van der Waals surface area contributed by atoms with Gasteiger partial charge in [-0.25, -0.2) is 4.98 Å². The predicted octanol–water partition coefficient (Wildman–Crippen LogP) is 1.66. The number of nitrogens with one attached hydrogen (secondary N) is 1. The van der Waals surface area contributed by atoms with Gasteiger partial charge in [-0.3, -0.25) is 10.1 Å². The van der Waals surface area contributed by atoms with E-state index >= 15 is 0 Å². The fraction of sp³-hybridized carbons (Fsp3) is 0.333. The molecule has 0 aliphatic heterocycles. The zero-order valence-electron chi connectivity index (χ0n) is 6.62. The van der Waals surface area contributed by atoms with Crippen LogP contribution < -0.4 is 0 Å². The highest BCUT2D eigenvalue weighted by Crippen LogP contribution is 2.17. The first-order chi connectivity index (χ1) is 5.52. The molecule has 0 fully saturated rings. The van der Waals surface area contributed by atoms with Crippen molar-refractivity contribution in [2.75, 3.05) is 0 Å². The molecule has 0 saturated carbocycles. The van der Waals surface area contributed by atoms with Gasteiger partial charge in [-0.05, 0) is 26.1 Å². The molecule has 0 bridgehead atoms. The van der Waals surface area contributed by atoms with E-state index in [-0.39, 0.29) is 10.5 Å². The van der Waals surface area contributed by atoms with Crippen molar-refractivity contribution in [1.29, 1.82) is 0 Å². The highest BCUT2D eigenvalue weighted by molar-refractivity contribution is 7.71. The number of H-pyrrole nitrogens is 1. The van der Waals surface area contributed by atoms with Crippen molar-refractivity contribution in [3.63, 3.8) is 0 Å². The summed E-state index contributed by atoms with van der Waals surface area (Å²) in [5.41, 5.74) is 0.794. The second kappa shape index (κ2) is 2.98. The van der Waals surface area contributed by atoms with Gasteiger partial charge in [-0.15, -0.1) is 0 Å². The smallest absolute Gasteiger partial charge is 0.309 e. The van der Waals surface area contributed by atoms with Crippen LogP contribution in [0.3, 0.4) is 0 Å². The van der Waals surface area contributed by atoms with Gasteiger partial charge in [0, 0.05) is 0 Å². The minimum Gasteiger partial charge on any atom is -0.329 e. The van der Waals surface area contributed by atoms with Gasteiger partial charge < -0.3 is 4.98 Å². The molecule has 0 radical (unpaired) electrons. The number of nitro groups is 1. The SMILES string of the molecule is Cc1nc(=S)[nH]c(C)c1[N+](=O)[O-]. The second-order valence-corrected chi connectivity index (χ2v) is 2.74. The van der Waals surface area contributed by atoms with Crippen molar-refractivity contribution in [2.45, 2.75) is 13.8 Å². The largest absolute Gasteiger partial charge is 0.329 e. The van der Waals surface area contributed by atoms with Crippen molar-refractivity contribution in [1.82, 2.24) is 9.97 Å². The molecule has 0 saturated heterocycles. The molecule has 12 heavy (non-hydrogen) atoms. The van der Waals surface area contributed by atoms with Crippen LogP contribution in [-0.4, -0.2) is 14.9 Å². The summed E-state index contributed by atoms with van der Waals surface area (Å²) in [4.78, 5) is 16.4. The van der Waals surface area contributed by atoms with E-state index in [2.05, 4.69) is 9.97 Å². The molecule has 64 valence electrons. The number of rotatable bonds is 1. The van der Waals surface area contributed by atoms with Crippen LogP contribution in [0.4, 0.5) is 5.69 Å². The molecule has 0 spiro atoms. The van der Waals surface area contributed by atoms with Gasteiger partial charge in [0.25, 0.3) is 0 Å². The number of nitrogens with zero attached hydrogens (tertiary/aromatic N) is 2. The number of aromatic nitrogens is 2. The summed E-state index contributed by atoms with van der Waals surface area (Å²) in [6.07, 6.45) is 0. The number of hydrogen-bond donors (Lipinski definition) is 1. The third-order valence-corrected chi connectivity index (χ3v) is 1.64. The fourth-order valence-corrected chi connectivity index (χ4v) is 1.28. The Morgan fingerprint density at radius 3 is 2.58 bits per heavy atom. The maximum atomic E-state index is 10.5. The molecular formula is C6H7N3O2S. The summed E-state index contributed by atoms with van der Waals surface area (Å²) in [5.74, 6) is 0. The molecule has 0 aliphatic rings. The van der Waals surface area contributed by atoms with E-state index in [0.717, 1.165) is 0 Å². The summed E-state index contributed by atoms with van der Waals surface area (Å²) in [7, 11) is 0. The topological polar surface area (TPSA) is 71.8 Å². The maximum Gasteiger partial charge on any atom is 0.309 e. The average molecular weight is 185 g/mol. The van der Waals surface area contributed by atoms with Gasteiger partial charge in [0.1, 0.15) is 5.69 Å². The molecule has 0 aromatic carbocycles. The first-order valence-electron chi connectivity index (χ1n) is 3.24. The summed E-state index contributed by atoms with van der Waals surface area (Å²) < 4.78 is 0.274. The van der Waals surface area contributed by atoms with Crippen molar-refractivity contribution in [3.8, 4) is 0 Å². The van der Waals surface area contributed by atoms with Gasteiger partial charge in [-0.1, -0.05) is 0 Å². The lowest BCUT2D eigenvalue weighted by Crippen LogP contribution is -2.00. The van der Waals surface area contributed by atoms with Gasteiger partial charge in [0.2, 0.25) is 0 Å². The Kier molecular flexibility index (Phi) is 2.18. The van der Waals surface area contributed by atoms with Crippen LogP contribution in [0.15, 0.2) is 0 Å². The monoisotopic (exact) mass is 185 g/mol. The van der Waals surface area contributed by atoms with Gasteiger partial charge in [0.05, 0.1) is 10.6 Å². The third-order valence-electron chi connectivity index (χ3n) is 1.44. The molecule has 1 heterocycles. The summed E-state index contributed by atoms with van der Waals surface area (Å²) in [6, 6.07) is 0. The normalized spacial score (nSPS) is 9.83. The quantitative estimate of drug-likeness (QED) is 0.410. The highest BCUT2D eigenvalue weighted by Gasteiger charge is 2.15. The van der Waals surface area contributed by atoms with Crippen LogP contribution in [0.5, 0.6) is 0 Å². The number of aryl methyl sites for hydroxylation is 2. The van der Waals surface area contributed by atoms with E-state index in [1.54, 1.807) is 13.8 Å². The van der Waals surface area contributed by atoms with E-state index in [9.17, 15) is 10.1 Å². The lowest BCUT2D eigenvalue weighted by atomic mass is 10.3. The van der Waals surface area contributed by atoms with Crippen LogP contribution in [0.2, 0.25) is 0 Å². The number of aromatic amines is 1. The highest BCUT2D eigenvalue weighted by atomic mass is 32.1. The van der Waals surface area contributed by atoms with Crippen molar-refractivity contribution in [3.05, 3.63) is 26.3 Å². The molecule has 5 nitrogen and oxygen atoms in total. The molecule has 0 aliphatic carbocycles. The average Bonchev–Trinajstić information content (AvgIpc) is 1.82. The minimum atomic E-state index is -0.469. The molecule has 1 aromatic heterocycles. The lowest BCUT2D eigenvalue weighted by molar-refractivity contribution is -0.386. The Morgan fingerprint density at radius 2 is 2.17 bits per heavy atom. The zero-order chi connectivity index (χ0) is 9.30. The first kappa shape index (κ1) is 8.79. The second-order valence-electron chi connectivity index (χ2n) is 2.36. The van der Waals surface area contributed by atoms with Crippen molar-refractivity contribution < 1.29 is 4.92 Å². The number of hydrogen-bond acceptors (Lipinski definition) is 4. The van der Waals surface area contributed by atoms with E-state index in [1.165, 1.54) is 0 Å². The molecule has 0 amide bonds. The molecule has 1 N–H and O–H groups in total. The summed E-state index contributed by atoms with van der Waals surface area (Å²) >= 11 is 4.74. The molecular weight excluding hydrogens is 178 g/mol. The summed E-state index contributed by atoms with van der Waals surface area (Å²) in [5, 5.41) is 10.5. The van der Waals surface area contributed by atoms with Crippen molar-refractivity contribution in [2.24, 2.45) is 0 Å². The molecule has 0 unspecified atom stereocenters. The zero-order valence-corrected chi connectivity index (χ0v) is 7.44. The van der Waals surface area contributed by atoms with Gasteiger partial charge in [-0.2, -0.15) is 0 Å². The Bertz CT molecular complexity index is 359. The van der Waals surface area contributed by atoms with Gasteiger partial charge in [0.15, 0.2) is 4.77 Å². The predicted molar refractivity (Wildman–Crippen MR) is 45.6 cm³/mol. The Morgan fingerprint density at radius 1 is 1.58 bits per heavy atom. The Balaban J connectivity index is 3.48. The van der Waals surface area contributed by atoms with Crippen LogP contribution in [0.1, 0.15) is 11.4 Å². The molecule has 1 aromatic rings. The molecule has 6 heteroatoms. The first-order valence-corrected chi connectivity index (χ1v) is 3.65. The van der Waals surface area contributed by atoms with Crippen LogP contribution >= 0.6 is 12.2 Å². The molecule has 1 rings (SSSR count). The molecule has 0 atom stereocenters. The fourth-order valence-electron chi connectivity index (χ4n) is 0.993. The standard InChI is InChI=1S/C6H7N3O2S/c1-3-5(9(10)11)4(2)8-6(12)7-3/h1-2H3,(H,7,8,12). The van der Waals surface area contributed by atoms with Gasteiger partial charge >= 0.3 is 5.69 Å². The third kappa shape index (κ3) is 1.48. The van der Waals surface area contributed by atoms with Crippen molar-refractivity contribution >= 4 is 17.9 Å². The van der Waals surface area contributed by atoms with E-state index in [1.807, 2.05) is 0 Å². The minimum absolute atomic E-state index is 0.00333. The van der Waals surface area contributed by atoms with E-state index < -0.39 is 4.92 Å². The van der Waals surface area contributed by atoms with Crippen LogP contribution in [0.25, 0.3) is 0 Å². The maximum absolute atomic E-state index is 10.5. The van der Waals surface area contributed by atoms with Crippen LogP contribution in [0, 0.1) is 28.7 Å². The van der Waals surface area contributed by atoms with Crippen LogP contribution in [-0.2, 0) is 0 Å². The summed E-state index contributed by atoms with van der Waals surface area (Å²) in [6.45, 7) is 3.16. The van der Waals surface area contributed by atoms with E-state index in [4.69, 9.17) is 12.2 Å². The van der Waals surface area contributed by atoms with E-state index in [0.29, 0.717) is 11.4 Å². The lowest BCUT2D eigenvalue weighted by Gasteiger charge is -1.98. The Labute approximate surface area is 73.6 Å². The Hall–Kier alpha value is -1.30.